The minimum Gasteiger partial charge on any atom is -0.465 e. The molecule has 1 aromatic carbocycles. The van der Waals surface area contributed by atoms with E-state index in [9.17, 15) is 14.7 Å². The summed E-state index contributed by atoms with van der Waals surface area (Å²) in [6.07, 6.45) is 4.41. The highest BCUT2D eigenvalue weighted by atomic mass is 32.2. The molecule has 0 radical (unpaired) electrons. The number of aliphatic hydroxyl groups is 1. The van der Waals surface area contributed by atoms with Gasteiger partial charge in [0.2, 0.25) is 5.91 Å². The van der Waals surface area contributed by atoms with E-state index in [2.05, 4.69) is 5.32 Å². The Morgan fingerprint density at radius 3 is 2.73 bits per heavy atom. The van der Waals surface area contributed by atoms with Crippen LogP contribution in [0.1, 0.15) is 39.0 Å². The first-order chi connectivity index (χ1) is 12.6. The molecule has 2 aliphatic rings. The Hall–Kier alpha value is -1.73. The number of rotatable bonds is 5. The van der Waals surface area contributed by atoms with Gasteiger partial charge in [0.25, 0.3) is 0 Å². The summed E-state index contributed by atoms with van der Waals surface area (Å²) >= 11 is 1.28. The van der Waals surface area contributed by atoms with E-state index < -0.39 is 17.4 Å². The van der Waals surface area contributed by atoms with Gasteiger partial charge in [0.1, 0.15) is 0 Å². The zero-order valence-electron chi connectivity index (χ0n) is 15.0. The van der Waals surface area contributed by atoms with Crippen molar-refractivity contribution in [2.45, 2.75) is 61.4 Å². The second-order valence-electron chi connectivity index (χ2n) is 6.70. The lowest BCUT2D eigenvalue weighted by molar-refractivity contribution is -0.144. The fourth-order valence-electron chi connectivity index (χ4n) is 3.55. The number of anilines is 1. The van der Waals surface area contributed by atoms with Crippen LogP contribution in [0.4, 0.5) is 5.69 Å². The zero-order valence-corrected chi connectivity index (χ0v) is 15.8. The number of benzene rings is 1. The smallest absolute Gasteiger partial charge is 0.324 e. The van der Waals surface area contributed by atoms with Crippen LogP contribution >= 0.6 is 11.8 Å². The highest BCUT2D eigenvalue weighted by Crippen LogP contribution is 2.41. The summed E-state index contributed by atoms with van der Waals surface area (Å²) in [5, 5.41) is 13.1. The first kappa shape index (κ1) is 19.0. The van der Waals surface area contributed by atoms with Crippen LogP contribution in [-0.4, -0.2) is 47.7 Å². The van der Waals surface area contributed by atoms with E-state index in [4.69, 9.17) is 4.74 Å². The number of thioether (sulfide) groups is 1. The molecule has 0 bridgehead atoms. The number of fused-ring (bicyclic) bond motifs is 1. The molecule has 1 aliphatic carbocycles. The number of carbonyl (C=O) groups excluding carboxylic acids is 2. The van der Waals surface area contributed by atoms with E-state index in [-0.39, 0.29) is 25.1 Å². The zero-order chi connectivity index (χ0) is 18.5. The van der Waals surface area contributed by atoms with Gasteiger partial charge >= 0.3 is 5.97 Å². The van der Waals surface area contributed by atoms with Crippen molar-refractivity contribution < 1.29 is 19.4 Å². The second kappa shape index (κ2) is 8.77. The molecule has 2 unspecified atom stereocenters. The normalized spacial score (nSPS) is 23.2. The third kappa shape index (κ3) is 4.32. The molecule has 3 rings (SSSR count). The lowest BCUT2D eigenvalue weighted by Crippen LogP contribution is -2.53. The summed E-state index contributed by atoms with van der Waals surface area (Å²) in [5.74, 6) is -0.586. The molecule has 0 spiro atoms. The summed E-state index contributed by atoms with van der Waals surface area (Å²) < 4.78 is 5.09. The minimum atomic E-state index is -1.11. The molecule has 6 nitrogen and oxygen atoms in total. The van der Waals surface area contributed by atoms with Crippen molar-refractivity contribution in [1.82, 2.24) is 5.32 Å². The van der Waals surface area contributed by atoms with E-state index >= 15 is 0 Å². The maximum Gasteiger partial charge on any atom is 0.324 e. The first-order valence-electron chi connectivity index (χ1n) is 9.26. The van der Waals surface area contributed by atoms with Crippen LogP contribution in [0.2, 0.25) is 0 Å². The molecule has 1 heterocycles. The lowest BCUT2D eigenvalue weighted by Gasteiger charge is -2.39. The molecule has 0 aromatic heterocycles. The Morgan fingerprint density at radius 2 is 2.00 bits per heavy atom. The number of amides is 1. The average molecular weight is 378 g/mol. The molecule has 142 valence electrons. The van der Waals surface area contributed by atoms with E-state index in [0.717, 1.165) is 36.3 Å². The van der Waals surface area contributed by atoms with Gasteiger partial charge < -0.3 is 20.1 Å². The van der Waals surface area contributed by atoms with E-state index in [1.54, 1.807) is 11.8 Å². The minimum absolute atomic E-state index is 0.0190. The van der Waals surface area contributed by atoms with Crippen molar-refractivity contribution >= 4 is 29.3 Å². The van der Waals surface area contributed by atoms with Gasteiger partial charge in [-0.1, -0.05) is 31.4 Å². The van der Waals surface area contributed by atoms with Gasteiger partial charge in [-0.25, -0.2) is 0 Å². The predicted octanol–water partition coefficient (Wildman–Crippen LogP) is 2.30. The van der Waals surface area contributed by atoms with E-state index in [1.165, 1.54) is 18.2 Å². The van der Waals surface area contributed by atoms with Crippen molar-refractivity contribution in [2.75, 3.05) is 18.1 Å². The number of aliphatic hydroxyl groups excluding tert-OH is 1. The Bertz CT molecular complexity index is 648. The summed E-state index contributed by atoms with van der Waals surface area (Å²) in [6, 6.07) is 7.71. The SMILES string of the molecule is CCOC(=O)C1Sc2ccccc2N(CC(=O)NC2CCCCC2)C1O. The number of nitrogens with zero attached hydrogens (tertiary/aromatic N) is 1. The van der Waals surface area contributed by atoms with E-state index in [1.807, 2.05) is 24.3 Å². The number of hydrogen-bond donors (Lipinski definition) is 2. The fourth-order valence-corrected chi connectivity index (χ4v) is 4.72. The molecular weight excluding hydrogens is 352 g/mol. The molecule has 1 fully saturated rings. The van der Waals surface area contributed by atoms with Gasteiger partial charge in [0.15, 0.2) is 11.5 Å². The van der Waals surface area contributed by atoms with Crippen LogP contribution in [0.15, 0.2) is 29.2 Å². The van der Waals surface area contributed by atoms with Crippen LogP contribution in [0.3, 0.4) is 0 Å². The topological polar surface area (TPSA) is 78.9 Å². The summed E-state index contributed by atoms with van der Waals surface area (Å²) in [5.41, 5.74) is 0.768. The van der Waals surface area contributed by atoms with Crippen LogP contribution in [0.25, 0.3) is 0 Å². The van der Waals surface area contributed by atoms with Gasteiger partial charge in [0, 0.05) is 10.9 Å². The molecule has 7 heteroatoms. The number of carbonyl (C=O) groups is 2. The number of ether oxygens (including phenoxy) is 1. The molecule has 2 N–H and O–H groups in total. The van der Waals surface area contributed by atoms with Gasteiger partial charge in [-0.05, 0) is 31.9 Å². The third-order valence-electron chi connectivity index (χ3n) is 4.82. The molecule has 26 heavy (non-hydrogen) atoms. The van der Waals surface area contributed by atoms with Crippen LogP contribution in [-0.2, 0) is 14.3 Å². The molecule has 1 saturated carbocycles. The second-order valence-corrected chi connectivity index (χ2v) is 7.89. The van der Waals surface area contributed by atoms with E-state index in [0.29, 0.717) is 0 Å². The Balaban J connectivity index is 1.74. The molecule has 1 aromatic rings. The summed E-state index contributed by atoms with van der Waals surface area (Å²) in [4.78, 5) is 27.3. The standard InChI is InChI=1S/C19H26N2O4S/c1-2-25-19(24)17-18(23)21(14-10-6-7-11-15(14)26-17)12-16(22)20-13-8-4-3-5-9-13/h6-7,10-11,13,17-18,23H,2-5,8-9,12H2,1H3,(H,20,22). The van der Waals surface area contributed by atoms with Crippen LogP contribution in [0, 0.1) is 0 Å². The predicted molar refractivity (Wildman–Crippen MR) is 101 cm³/mol. The molecule has 1 amide bonds. The number of nitrogens with one attached hydrogen (secondary N) is 1. The maximum atomic E-state index is 12.6. The third-order valence-corrected chi connectivity index (χ3v) is 6.11. The van der Waals surface area contributed by atoms with Crippen molar-refractivity contribution in [1.29, 1.82) is 0 Å². The molecular formula is C19H26N2O4S. The maximum absolute atomic E-state index is 12.6. The van der Waals surface area contributed by atoms with Crippen molar-refractivity contribution in [3.63, 3.8) is 0 Å². The summed E-state index contributed by atoms with van der Waals surface area (Å²) in [6.45, 7) is 2.01. The van der Waals surface area contributed by atoms with Gasteiger partial charge in [-0.2, -0.15) is 0 Å². The van der Waals surface area contributed by atoms with Crippen molar-refractivity contribution in [3.8, 4) is 0 Å². The molecule has 0 saturated heterocycles. The quantitative estimate of drug-likeness (QED) is 0.766. The average Bonchev–Trinajstić information content (AvgIpc) is 2.64. The van der Waals surface area contributed by atoms with Gasteiger partial charge in [0.05, 0.1) is 18.8 Å². The van der Waals surface area contributed by atoms with Crippen LogP contribution in [0.5, 0.6) is 0 Å². The number of para-hydroxylation sites is 1. The Morgan fingerprint density at radius 1 is 1.27 bits per heavy atom. The number of hydrogen-bond acceptors (Lipinski definition) is 6. The highest BCUT2D eigenvalue weighted by molar-refractivity contribution is 8.00. The lowest BCUT2D eigenvalue weighted by atomic mass is 9.95. The van der Waals surface area contributed by atoms with Crippen molar-refractivity contribution in [2.24, 2.45) is 0 Å². The fraction of sp³-hybridized carbons (Fsp3) is 0.579. The van der Waals surface area contributed by atoms with Gasteiger partial charge in [-0.15, -0.1) is 11.8 Å². The Labute approximate surface area is 158 Å². The Kier molecular flexibility index (Phi) is 6.43. The molecule has 2 atom stereocenters. The van der Waals surface area contributed by atoms with Crippen molar-refractivity contribution in [3.05, 3.63) is 24.3 Å². The van der Waals surface area contributed by atoms with Crippen LogP contribution < -0.4 is 10.2 Å². The highest BCUT2D eigenvalue weighted by Gasteiger charge is 2.40. The largest absolute Gasteiger partial charge is 0.465 e. The van der Waals surface area contributed by atoms with Gasteiger partial charge in [-0.3, -0.25) is 9.59 Å². The monoisotopic (exact) mass is 378 g/mol. The summed E-state index contributed by atoms with van der Waals surface area (Å²) in [7, 11) is 0. The number of esters is 1. The first-order valence-corrected chi connectivity index (χ1v) is 10.1. The molecule has 1 aliphatic heterocycles.